The Morgan fingerprint density at radius 2 is 1.83 bits per heavy atom. The molecule has 0 amide bonds. The van der Waals surface area contributed by atoms with Gasteiger partial charge in [-0.15, -0.1) is 0 Å². The number of ether oxygens (including phenoxy) is 4. The van der Waals surface area contributed by atoms with E-state index in [0.29, 0.717) is 11.5 Å². The lowest BCUT2D eigenvalue weighted by Gasteiger charge is -2.36. The summed E-state index contributed by atoms with van der Waals surface area (Å²) in [4.78, 5) is 25.1. The number of halogens is 1. The molecule has 1 aliphatic carbocycles. The van der Waals surface area contributed by atoms with Gasteiger partial charge >= 0.3 is 0 Å². The first kappa shape index (κ1) is 16.6. The Bertz CT molecular complexity index is 769. The number of ketones is 2. The molecule has 128 valence electrons. The molecule has 1 unspecified atom stereocenters. The molecule has 0 fully saturated rings. The van der Waals surface area contributed by atoms with Crippen LogP contribution >= 0.6 is 11.6 Å². The van der Waals surface area contributed by atoms with E-state index in [4.69, 9.17) is 30.5 Å². The number of fused-ring (bicyclic) bond motifs is 1. The largest absolute Gasteiger partial charge is 0.496 e. The summed E-state index contributed by atoms with van der Waals surface area (Å²) in [5.41, 5.74) is -1.19. The molecule has 6 nitrogen and oxygen atoms in total. The molecular formula is C17H17ClO6. The second-order valence-electron chi connectivity index (χ2n) is 5.75. The van der Waals surface area contributed by atoms with Crippen LogP contribution in [0.5, 0.6) is 17.2 Å². The third-order valence-electron chi connectivity index (χ3n) is 4.50. The molecule has 3 rings (SSSR count). The van der Waals surface area contributed by atoms with Crippen LogP contribution in [0.3, 0.4) is 0 Å². The van der Waals surface area contributed by atoms with Crippen molar-refractivity contribution in [3.8, 4) is 17.2 Å². The van der Waals surface area contributed by atoms with E-state index >= 15 is 0 Å². The Balaban J connectivity index is 2.26. The number of allylic oxidation sites excluding steroid dienone is 1. The van der Waals surface area contributed by atoms with Crippen LogP contribution in [0.25, 0.3) is 0 Å². The van der Waals surface area contributed by atoms with E-state index in [1.807, 2.05) is 0 Å². The molecule has 1 aliphatic heterocycles. The molecule has 0 radical (unpaired) electrons. The first-order valence-electron chi connectivity index (χ1n) is 7.38. The second-order valence-corrected chi connectivity index (χ2v) is 6.13. The lowest BCUT2D eigenvalue weighted by Crippen LogP contribution is -2.51. The summed E-state index contributed by atoms with van der Waals surface area (Å²) in [7, 11) is 4.31. The molecule has 7 heteroatoms. The van der Waals surface area contributed by atoms with Crippen LogP contribution in [-0.4, -0.2) is 38.5 Å². The average Bonchev–Trinajstić information content (AvgIpc) is 2.87. The van der Waals surface area contributed by atoms with Gasteiger partial charge in [-0.25, -0.2) is 0 Å². The Labute approximate surface area is 144 Å². The molecule has 0 saturated carbocycles. The molecule has 1 spiro atoms. The van der Waals surface area contributed by atoms with E-state index in [9.17, 15) is 9.59 Å². The van der Waals surface area contributed by atoms with E-state index in [1.165, 1.54) is 33.5 Å². The minimum atomic E-state index is -1.42. The number of methoxy groups -OCH3 is 3. The number of carbonyl (C=O) groups is 2. The first-order valence-corrected chi connectivity index (χ1v) is 7.75. The van der Waals surface area contributed by atoms with Crippen LogP contribution in [0.2, 0.25) is 5.02 Å². The van der Waals surface area contributed by atoms with Crippen LogP contribution < -0.4 is 14.2 Å². The Hall–Kier alpha value is -2.21. The molecule has 1 aromatic carbocycles. The minimum Gasteiger partial charge on any atom is -0.496 e. The third-order valence-corrected chi connectivity index (χ3v) is 4.86. The van der Waals surface area contributed by atoms with E-state index in [-0.39, 0.29) is 40.1 Å². The molecule has 2 atom stereocenters. The third kappa shape index (κ3) is 2.02. The van der Waals surface area contributed by atoms with Crippen LogP contribution in [0.4, 0.5) is 0 Å². The maximum atomic E-state index is 13.3. The summed E-state index contributed by atoms with van der Waals surface area (Å²) in [6, 6.07) is 1.54. The van der Waals surface area contributed by atoms with Gasteiger partial charge in [-0.2, -0.15) is 0 Å². The van der Waals surface area contributed by atoms with Crippen LogP contribution in [0, 0.1) is 5.92 Å². The Morgan fingerprint density at radius 1 is 1.17 bits per heavy atom. The number of benzene rings is 1. The molecule has 1 aromatic rings. The summed E-state index contributed by atoms with van der Waals surface area (Å²) < 4.78 is 21.9. The van der Waals surface area contributed by atoms with Crippen molar-refractivity contribution in [2.75, 3.05) is 21.3 Å². The van der Waals surface area contributed by atoms with Gasteiger partial charge in [-0.05, 0) is 0 Å². The highest BCUT2D eigenvalue weighted by atomic mass is 35.5. The van der Waals surface area contributed by atoms with Crippen molar-refractivity contribution in [3.63, 3.8) is 0 Å². The summed E-state index contributed by atoms with van der Waals surface area (Å²) >= 11 is 6.33. The molecular weight excluding hydrogens is 336 g/mol. The monoisotopic (exact) mass is 352 g/mol. The molecule has 0 aromatic heterocycles. The molecule has 1 heterocycles. The van der Waals surface area contributed by atoms with Crippen molar-refractivity contribution in [2.24, 2.45) is 5.92 Å². The zero-order chi connectivity index (χ0) is 17.6. The van der Waals surface area contributed by atoms with Crippen LogP contribution in [0.1, 0.15) is 23.7 Å². The number of hydrogen-bond donors (Lipinski definition) is 0. The fourth-order valence-corrected chi connectivity index (χ4v) is 3.56. The lowest BCUT2D eigenvalue weighted by molar-refractivity contribution is -0.118. The quantitative estimate of drug-likeness (QED) is 0.833. The molecule has 0 saturated heterocycles. The fraction of sp³-hybridized carbons (Fsp3) is 0.412. The SMILES string of the molecule is COC1=CC(=O)CC(C)[C@]12Oc1c(Cl)c(OC)cc(OC)c1C2=O. The Morgan fingerprint density at radius 3 is 2.42 bits per heavy atom. The van der Waals surface area contributed by atoms with Crippen LogP contribution in [-0.2, 0) is 9.53 Å². The molecule has 0 N–H and O–H groups in total. The summed E-state index contributed by atoms with van der Waals surface area (Å²) in [6.07, 6.45) is 1.48. The van der Waals surface area contributed by atoms with E-state index in [0.717, 1.165) is 0 Å². The van der Waals surface area contributed by atoms with Crippen molar-refractivity contribution in [2.45, 2.75) is 18.9 Å². The first-order chi connectivity index (χ1) is 11.4. The highest BCUT2D eigenvalue weighted by molar-refractivity contribution is 6.35. The van der Waals surface area contributed by atoms with Crippen molar-refractivity contribution in [1.82, 2.24) is 0 Å². The maximum absolute atomic E-state index is 13.3. The smallest absolute Gasteiger partial charge is 0.231 e. The number of rotatable bonds is 3. The van der Waals surface area contributed by atoms with Gasteiger partial charge in [0.25, 0.3) is 0 Å². The van der Waals surface area contributed by atoms with E-state index < -0.39 is 11.5 Å². The maximum Gasteiger partial charge on any atom is 0.231 e. The molecule has 0 bridgehead atoms. The number of Topliss-reactive ketones (excluding diaryl/α,β-unsaturated/α-hetero) is 1. The normalized spacial score (nSPS) is 25.2. The zero-order valence-corrected chi connectivity index (χ0v) is 14.5. The summed E-state index contributed by atoms with van der Waals surface area (Å²) in [5.74, 6) is 0.107. The van der Waals surface area contributed by atoms with Gasteiger partial charge in [-0.1, -0.05) is 18.5 Å². The number of hydrogen-bond acceptors (Lipinski definition) is 6. The van der Waals surface area contributed by atoms with Crippen LogP contribution in [0.15, 0.2) is 17.9 Å². The predicted octanol–water partition coefficient (Wildman–Crippen LogP) is 2.81. The predicted molar refractivity (Wildman–Crippen MR) is 86.1 cm³/mol. The van der Waals surface area contributed by atoms with Crippen molar-refractivity contribution >= 4 is 23.2 Å². The standard InChI is InChI=1S/C17H17ClO6/c1-8-5-9(19)6-12(23-4)17(8)16(20)13-10(21-2)7-11(22-3)14(18)15(13)24-17/h6-8H,5H2,1-4H3/t8?,17-/m0/s1. The zero-order valence-electron chi connectivity index (χ0n) is 13.8. The minimum absolute atomic E-state index is 0.118. The summed E-state index contributed by atoms with van der Waals surface area (Å²) in [6.45, 7) is 1.77. The highest BCUT2D eigenvalue weighted by Gasteiger charge is 2.59. The average molecular weight is 353 g/mol. The van der Waals surface area contributed by atoms with Gasteiger partial charge < -0.3 is 18.9 Å². The van der Waals surface area contributed by atoms with Gasteiger partial charge in [0.2, 0.25) is 11.4 Å². The molecule has 2 aliphatic rings. The lowest BCUT2D eigenvalue weighted by atomic mass is 9.75. The summed E-state index contributed by atoms with van der Waals surface area (Å²) in [5, 5.41) is 0.179. The fourth-order valence-electron chi connectivity index (χ4n) is 3.30. The van der Waals surface area contributed by atoms with Gasteiger partial charge in [-0.3, -0.25) is 9.59 Å². The van der Waals surface area contributed by atoms with Gasteiger partial charge in [0.1, 0.15) is 22.1 Å². The van der Waals surface area contributed by atoms with Crippen molar-refractivity contribution in [1.29, 1.82) is 0 Å². The van der Waals surface area contributed by atoms with Crippen molar-refractivity contribution in [3.05, 3.63) is 28.5 Å². The van der Waals surface area contributed by atoms with E-state index in [2.05, 4.69) is 0 Å². The van der Waals surface area contributed by atoms with Gasteiger partial charge in [0, 0.05) is 24.5 Å². The Kier molecular flexibility index (Phi) is 3.95. The van der Waals surface area contributed by atoms with Gasteiger partial charge in [0.05, 0.1) is 21.3 Å². The van der Waals surface area contributed by atoms with Crippen molar-refractivity contribution < 1.29 is 28.5 Å². The van der Waals surface area contributed by atoms with E-state index in [1.54, 1.807) is 6.92 Å². The highest BCUT2D eigenvalue weighted by Crippen LogP contribution is 2.54. The van der Waals surface area contributed by atoms with Gasteiger partial charge in [0.15, 0.2) is 17.3 Å². The number of carbonyl (C=O) groups excluding carboxylic acids is 2. The molecule has 24 heavy (non-hydrogen) atoms. The second kappa shape index (κ2) is 5.70. The topological polar surface area (TPSA) is 71.1 Å².